The molecule has 0 radical (unpaired) electrons. The molecule has 0 aliphatic heterocycles. The van der Waals surface area contributed by atoms with Crippen LogP contribution in [0.25, 0.3) is 22.3 Å². The number of aromatic nitrogens is 4. The van der Waals surface area contributed by atoms with Gasteiger partial charge in [-0.25, -0.2) is 23.8 Å². The molecule has 0 atom stereocenters. The minimum atomic E-state index is -0.924. The molecule has 4 N–H and O–H groups in total. The van der Waals surface area contributed by atoms with E-state index < -0.39 is 17.7 Å². The summed E-state index contributed by atoms with van der Waals surface area (Å²) in [4.78, 5) is 32.3. The van der Waals surface area contributed by atoms with E-state index in [4.69, 9.17) is 20.7 Å². The van der Waals surface area contributed by atoms with Gasteiger partial charge in [0.2, 0.25) is 0 Å². The molecular weight excluding hydrogens is 503 g/mol. The van der Waals surface area contributed by atoms with Gasteiger partial charge in [-0.15, -0.1) is 0 Å². The first-order valence-electron chi connectivity index (χ1n) is 12.5. The van der Waals surface area contributed by atoms with Gasteiger partial charge in [-0.1, -0.05) is 29.8 Å². The van der Waals surface area contributed by atoms with Crippen molar-refractivity contribution in [1.29, 1.82) is 0 Å². The number of nitrogen functional groups attached to an aromatic ring is 1. The second-order valence-electron chi connectivity index (χ2n) is 9.35. The van der Waals surface area contributed by atoms with Crippen LogP contribution >= 0.6 is 0 Å². The van der Waals surface area contributed by atoms with E-state index in [-0.39, 0.29) is 18.2 Å². The van der Waals surface area contributed by atoms with Crippen LogP contribution in [0.15, 0.2) is 60.4 Å². The monoisotopic (exact) mass is 530 g/mol. The van der Waals surface area contributed by atoms with Gasteiger partial charge < -0.3 is 20.9 Å². The second-order valence-corrected chi connectivity index (χ2v) is 9.35. The molecule has 0 unspecified atom stereocenters. The summed E-state index contributed by atoms with van der Waals surface area (Å²) >= 11 is 0. The lowest BCUT2D eigenvalue weighted by Crippen LogP contribution is -2.23. The summed E-state index contributed by atoms with van der Waals surface area (Å²) in [5.41, 5.74) is 10.2. The van der Waals surface area contributed by atoms with E-state index >= 15 is 0 Å². The summed E-state index contributed by atoms with van der Waals surface area (Å²) in [7, 11) is 1.42. The summed E-state index contributed by atoms with van der Waals surface area (Å²) in [6.07, 6.45) is 5.55. The molecule has 1 aliphatic rings. The number of ether oxygens (including phenoxy) is 1. The number of hydrogen-bond acceptors (Lipinski definition) is 7. The summed E-state index contributed by atoms with van der Waals surface area (Å²) in [6, 6.07) is 11.3. The zero-order valence-corrected chi connectivity index (χ0v) is 21.2. The maximum Gasteiger partial charge on any atom is 0.328 e. The van der Waals surface area contributed by atoms with Crippen LogP contribution in [-0.2, 0) is 11.3 Å². The molecule has 4 aromatic rings. The maximum atomic E-state index is 13.7. The molecule has 2 heterocycles. The number of rotatable bonds is 7. The Kier molecular flexibility index (Phi) is 7.22. The highest BCUT2D eigenvalue weighted by Crippen LogP contribution is 2.37. The average Bonchev–Trinajstić information content (AvgIpc) is 3.33. The normalized spacial score (nSPS) is 15.2. The lowest BCUT2D eigenvalue weighted by atomic mass is 9.90. The van der Waals surface area contributed by atoms with E-state index in [1.165, 1.54) is 31.6 Å². The van der Waals surface area contributed by atoms with Gasteiger partial charge in [0.05, 0.1) is 24.1 Å². The molecule has 2 aromatic heterocycles. The van der Waals surface area contributed by atoms with Crippen molar-refractivity contribution in [1.82, 2.24) is 25.1 Å². The van der Waals surface area contributed by atoms with Crippen molar-refractivity contribution in [3.8, 4) is 17.0 Å². The molecule has 0 bridgehead atoms. The Labute approximate surface area is 223 Å². The lowest BCUT2D eigenvalue weighted by molar-refractivity contribution is -0.131. The number of anilines is 1. The molecule has 0 spiro atoms. The van der Waals surface area contributed by atoms with Gasteiger partial charge in [-0.3, -0.25) is 4.79 Å². The topological polar surface area (TPSA) is 145 Å². The first-order valence-corrected chi connectivity index (χ1v) is 12.5. The third-order valence-electron chi connectivity index (χ3n) is 6.88. The predicted octanol–water partition coefficient (Wildman–Crippen LogP) is 4.28. The number of nitrogens with one attached hydrogen (secondary N) is 1. The van der Waals surface area contributed by atoms with E-state index in [1.54, 1.807) is 0 Å². The van der Waals surface area contributed by atoms with Gasteiger partial charge in [-0.05, 0) is 49.4 Å². The standard InChI is InChI=1S/C28H27FN6O4/c1-39-22-11-8-19(29)13-21(22)28(38)31-14-17-2-6-18(7-3-17)25-24-26(30)32-15-33-27(24)35(34-25)20-9-4-16(5-10-20)12-23(36)37/h2-3,6-8,11-13,15,20H,4-5,9-10,14H2,1H3,(H,31,38)(H,36,37)(H2,30,32,33). The van der Waals surface area contributed by atoms with E-state index in [2.05, 4.69) is 15.3 Å². The van der Waals surface area contributed by atoms with Crippen molar-refractivity contribution in [3.63, 3.8) is 0 Å². The fourth-order valence-electron chi connectivity index (χ4n) is 4.90. The third-order valence-corrected chi connectivity index (χ3v) is 6.88. The molecule has 5 rings (SSSR count). The molecule has 2 aromatic carbocycles. The van der Waals surface area contributed by atoms with E-state index in [0.29, 0.717) is 41.1 Å². The minimum absolute atomic E-state index is 0.0517. The van der Waals surface area contributed by atoms with Gasteiger partial charge in [-0.2, -0.15) is 5.10 Å². The Bertz CT molecular complexity index is 1570. The number of aliphatic carboxylic acids is 1. The van der Waals surface area contributed by atoms with Gasteiger partial charge in [0.15, 0.2) is 5.65 Å². The number of methoxy groups -OCH3 is 1. The summed E-state index contributed by atoms with van der Waals surface area (Å²) in [5.74, 6) is -1.28. The maximum absolute atomic E-state index is 13.7. The number of nitrogens with two attached hydrogens (primary N) is 1. The zero-order valence-electron chi connectivity index (χ0n) is 21.2. The summed E-state index contributed by atoms with van der Waals surface area (Å²) in [6.45, 7) is 0.230. The first kappa shape index (κ1) is 25.8. The lowest BCUT2D eigenvalue weighted by Gasteiger charge is -2.24. The van der Waals surface area contributed by atoms with Gasteiger partial charge in [0.1, 0.15) is 29.4 Å². The summed E-state index contributed by atoms with van der Waals surface area (Å²) in [5, 5.41) is 17.4. The largest absolute Gasteiger partial charge is 0.496 e. The zero-order chi connectivity index (χ0) is 27.5. The van der Waals surface area contributed by atoms with Crippen LogP contribution in [0, 0.1) is 5.82 Å². The number of nitrogens with zero attached hydrogens (tertiary/aromatic N) is 4. The number of carboxylic acids is 1. The van der Waals surface area contributed by atoms with E-state index in [0.717, 1.165) is 35.6 Å². The molecule has 11 heteroatoms. The van der Waals surface area contributed by atoms with Crippen molar-refractivity contribution in [3.05, 3.63) is 77.4 Å². The summed E-state index contributed by atoms with van der Waals surface area (Å²) < 4.78 is 20.7. The molecule has 1 amide bonds. The number of allylic oxidation sites excluding steroid dienone is 1. The second kappa shape index (κ2) is 10.9. The fourth-order valence-corrected chi connectivity index (χ4v) is 4.90. The van der Waals surface area contributed by atoms with Crippen LogP contribution in [0.4, 0.5) is 10.2 Å². The highest BCUT2D eigenvalue weighted by molar-refractivity contribution is 5.98. The van der Waals surface area contributed by atoms with Crippen LogP contribution < -0.4 is 15.8 Å². The van der Waals surface area contributed by atoms with Crippen LogP contribution in [0.5, 0.6) is 5.75 Å². The number of halogens is 1. The highest BCUT2D eigenvalue weighted by atomic mass is 19.1. The third kappa shape index (κ3) is 5.42. The van der Waals surface area contributed by atoms with Gasteiger partial charge in [0, 0.05) is 18.2 Å². The molecule has 39 heavy (non-hydrogen) atoms. The number of amides is 1. The Morgan fingerprint density at radius 1 is 1.18 bits per heavy atom. The molecule has 1 fully saturated rings. The number of benzene rings is 2. The van der Waals surface area contributed by atoms with Crippen molar-refractivity contribution in [2.45, 2.75) is 38.3 Å². The SMILES string of the molecule is COc1ccc(F)cc1C(=O)NCc1ccc(-c2nn(C3CCC(=CC(=O)O)CC3)c3ncnc(N)c23)cc1. The average molecular weight is 531 g/mol. The minimum Gasteiger partial charge on any atom is -0.496 e. The van der Waals surface area contributed by atoms with Crippen LogP contribution in [0.3, 0.4) is 0 Å². The predicted molar refractivity (Wildman–Crippen MR) is 143 cm³/mol. The molecular formula is C28H27FN6O4. The Balaban J connectivity index is 1.36. The Morgan fingerprint density at radius 2 is 1.92 bits per heavy atom. The van der Waals surface area contributed by atoms with Gasteiger partial charge in [0.25, 0.3) is 5.91 Å². The van der Waals surface area contributed by atoms with Crippen molar-refractivity contribution < 1.29 is 23.8 Å². The van der Waals surface area contributed by atoms with E-state index in [1.807, 2.05) is 28.9 Å². The Hall–Kier alpha value is -4.80. The van der Waals surface area contributed by atoms with Crippen molar-refractivity contribution in [2.24, 2.45) is 0 Å². The van der Waals surface area contributed by atoms with Crippen LogP contribution in [0.1, 0.15) is 47.6 Å². The fraction of sp³-hybridized carbons (Fsp3) is 0.250. The first-order chi connectivity index (χ1) is 18.8. The molecule has 10 nitrogen and oxygen atoms in total. The Morgan fingerprint density at radius 3 is 2.62 bits per heavy atom. The van der Waals surface area contributed by atoms with Gasteiger partial charge >= 0.3 is 5.97 Å². The number of fused-ring (bicyclic) bond motifs is 1. The molecule has 1 saturated carbocycles. The smallest absolute Gasteiger partial charge is 0.328 e. The molecule has 1 aliphatic carbocycles. The number of carboxylic acid groups (broad SMARTS) is 1. The molecule has 0 saturated heterocycles. The van der Waals surface area contributed by atoms with E-state index in [9.17, 15) is 14.0 Å². The van der Waals surface area contributed by atoms with Crippen molar-refractivity contribution in [2.75, 3.05) is 12.8 Å². The van der Waals surface area contributed by atoms with Crippen LogP contribution in [-0.4, -0.2) is 43.8 Å². The number of carbonyl (C=O) groups is 2. The van der Waals surface area contributed by atoms with Crippen molar-refractivity contribution >= 4 is 28.7 Å². The highest BCUT2D eigenvalue weighted by Gasteiger charge is 2.25. The number of carbonyl (C=O) groups excluding carboxylic acids is 1. The number of hydrogen-bond donors (Lipinski definition) is 3. The quantitative estimate of drug-likeness (QED) is 0.300. The van der Waals surface area contributed by atoms with Crippen LogP contribution in [0.2, 0.25) is 0 Å². The molecule has 200 valence electrons.